The highest BCUT2D eigenvalue weighted by atomic mass is 16.3. The molecule has 0 fully saturated rings. The van der Waals surface area contributed by atoms with E-state index >= 15 is 0 Å². The third kappa shape index (κ3) is 5.31. The summed E-state index contributed by atoms with van der Waals surface area (Å²) < 4.78 is 0. The van der Waals surface area contributed by atoms with Gasteiger partial charge in [0.1, 0.15) is 11.8 Å². The molecule has 1 amide bonds. The van der Waals surface area contributed by atoms with Crippen LogP contribution in [0.4, 0.5) is 0 Å². The minimum Gasteiger partial charge on any atom is -0.508 e. The van der Waals surface area contributed by atoms with Gasteiger partial charge < -0.3 is 15.5 Å². The Kier molecular flexibility index (Phi) is 6.98. The first kappa shape index (κ1) is 19.0. The number of aliphatic hydroxyl groups is 1. The summed E-state index contributed by atoms with van der Waals surface area (Å²) in [5.74, 6) is 0.0652. The first-order valence-electron chi connectivity index (χ1n) is 8.49. The molecular formula is C20H26N2O3. The third-order valence-electron chi connectivity index (χ3n) is 4.29. The van der Waals surface area contributed by atoms with E-state index in [1.807, 2.05) is 49.2 Å². The van der Waals surface area contributed by atoms with Crippen LogP contribution in [0.2, 0.25) is 0 Å². The smallest absolute Gasteiger partial charge is 0.242 e. The number of phenols is 1. The Morgan fingerprint density at radius 2 is 1.76 bits per heavy atom. The van der Waals surface area contributed by atoms with Gasteiger partial charge >= 0.3 is 0 Å². The summed E-state index contributed by atoms with van der Waals surface area (Å²) in [4.78, 5) is 14.8. The molecule has 5 heteroatoms. The van der Waals surface area contributed by atoms with Gasteiger partial charge in [-0.2, -0.15) is 0 Å². The van der Waals surface area contributed by atoms with Crippen molar-refractivity contribution in [3.8, 4) is 5.75 Å². The molecule has 2 aromatic carbocycles. The summed E-state index contributed by atoms with van der Waals surface area (Å²) >= 11 is 0. The molecule has 0 heterocycles. The molecule has 0 aromatic heterocycles. The van der Waals surface area contributed by atoms with Crippen LogP contribution in [0.5, 0.6) is 5.75 Å². The number of carbonyl (C=O) groups is 1. The van der Waals surface area contributed by atoms with Gasteiger partial charge in [0.05, 0.1) is 12.6 Å². The van der Waals surface area contributed by atoms with E-state index in [1.54, 1.807) is 24.3 Å². The van der Waals surface area contributed by atoms with Crippen LogP contribution in [0.1, 0.15) is 24.1 Å². The van der Waals surface area contributed by atoms with Gasteiger partial charge in [0, 0.05) is 0 Å². The Hall–Kier alpha value is -2.37. The summed E-state index contributed by atoms with van der Waals surface area (Å²) in [6.45, 7) is 2.59. The molecule has 2 atom stereocenters. The predicted octanol–water partition coefficient (Wildman–Crippen LogP) is 2.10. The van der Waals surface area contributed by atoms with E-state index in [4.69, 9.17) is 0 Å². The topological polar surface area (TPSA) is 72.8 Å². The van der Waals surface area contributed by atoms with E-state index in [-0.39, 0.29) is 24.3 Å². The van der Waals surface area contributed by atoms with E-state index in [1.165, 1.54) is 0 Å². The molecule has 3 N–H and O–H groups in total. The molecule has 0 saturated heterocycles. The normalized spacial score (nSPS) is 13.4. The highest BCUT2D eigenvalue weighted by molar-refractivity contribution is 5.83. The molecule has 0 saturated carbocycles. The zero-order valence-electron chi connectivity index (χ0n) is 14.7. The number of benzene rings is 2. The number of amides is 1. The Labute approximate surface area is 148 Å². The fraction of sp³-hybridized carbons (Fsp3) is 0.350. The van der Waals surface area contributed by atoms with Crippen LogP contribution >= 0.6 is 0 Å². The lowest BCUT2D eigenvalue weighted by atomic mass is 10.0. The van der Waals surface area contributed by atoms with Gasteiger partial charge in [0.15, 0.2) is 0 Å². The number of phenolic OH excluding ortho intramolecular Hbond substituents is 1. The summed E-state index contributed by atoms with van der Waals surface area (Å²) in [5, 5.41) is 22.0. The number of aliphatic hydroxyl groups excluding tert-OH is 1. The van der Waals surface area contributed by atoms with Crippen LogP contribution < -0.4 is 5.32 Å². The van der Waals surface area contributed by atoms with Crippen molar-refractivity contribution in [3.63, 3.8) is 0 Å². The summed E-state index contributed by atoms with van der Waals surface area (Å²) in [7, 11) is 1.91. The molecule has 2 aromatic rings. The van der Waals surface area contributed by atoms with E-state index in [2.05, 4.69) is 5.32 Å². The average Bonchev–Trinajstić information content (AvgIpc) is 2.63. The minimum absolute atomic E-state index is 0.131. The molecular weight excluding hydrogens is 316 g/mol. The van der Waals surface area contributed by atoms with Crippen molar-refractivity contribution in [3.05, 3.63) is 65.7 Å². The largest absolute Gasteiger partial charge is 0.508 e. The maximum absolute atomic E-state index is 12.9. The maximum atomic E-state index is 12.9. The van der Waals surface area contributed by atoms with Crippen LogP contribution in [-0.4, -0.2) is 47.3 Å². The Bertz CT molecular complexity index is 658. The number of aromatic hydroxyl groups is 1. The van der Waals surface area contributed by atoms with E-state index < -0.39 is 6.04 Å². The number of nitrogens with zero attached hydrogens (tertiary/aromatic N) is 1. The highest BCUT2D eigenvalue weighted by Gasteiger charge is 2.26. The van der Waals surface area contributed by atoms with Crippen molar-refractivity contribution in [2.75, 3.05) is 20.2 Å². The first-order valence-corrected chi connectivity index (χ1v) is 8.49. The second-order valence-corrected chi connectivity index (χ2v) is 6.15. The second kappa shape index (κ2) is 9.20. The summed E-state index contributed by atoms with van der Waals surface area (Å²) in [6.07, 6.45) is 0.500. The Morgan fingerprint density at radius 1 is 1.12 bits per heavy atom. The SMILES string of the molecule is CCN(C)C(C(=O)N[C@H](CO)Cc1ccc(O)cc1)c1ccccc1. The molecule has 25 heavy (non-hydrogen) atoms. The van der Waals surface area contributed by atoms with Crippen molar-refractivity contribution in [2.24, 2.45) is 0 Å². The van der Waals surface area contributed by atoms with Gasteiger partial charge in [0.2, 0.25) is 5.91 Å². The van der Waals surface area contributed by atoms with Crippen LogP contribution in [-0.2, 0) is 11.2 Å². The molecule has 0 aliphatic carbocycles. The maximum Gasteiger partial charge on any atom is 0.242 e. The number of nitrogens with one attached hydrogen (secondary N) is 1. The van der Waals surface area contributed by atoms with Crippen LogP contribution in [0.25, 0.3) is 0 Å². The molecule has 0 bridgehead atoms. The van der Waals surface area contributed by atoms with Gasteiger partial charge in [-0.15, -0.1) is 0 Å². The van der Waals surface area contributed by atoms with Gasteiger partial charge in [0.25, 0.3) is 0 Å². The van der Waals surface area contributed by atoms with E-state index in [9.17, 15) is 15.0 Å². The van der Waals surface area contributed by atoms with Crippen molar-refractivity contribution in [1.82, 2.24) is 10.2 Å². The van der Waals surface area contributed by atoms with E-state index in [0.29, 0.717) is 6.42 Å². The fourth-order valence-corrected chi connectivity index (χ4v) is 2.78. The average molecular weight is 342 g/mol. The van der Waals surface area contributed by atoms with Gasteiger partial charge in [-0.1, -0.05) is 49.4 Å². The molecule has 134 valence electrons. The summed E-state index contributed by atoms with van der Waals surface area (Å²) in [5.41, 5.74) is 1.86. The first-order chi connectivity index (χ1) is 12.0. The number of rotatable bonds is 8. The molecule has 0 aliphatic rings. The monoisotopic (exact) mass is 342 g/mol. The number of hydrogen-bond acceptors (Lipinski definition) is 4. The zero-order chi connectivity index (χ0) is 18.2. The molecule has 5 nitrogen and oxygen atoms in total. The zero-order valence-corrected chi connectivity index (χ0v) is 14.7. The highest BCUT2D eigenvalue weighted by Crippen LogP contribution is 2.20. The second-order valence-electron chi connectivity index (χ2n) is 6.15. The van der Waals surface area contributed by atoms with Crippen LogP contribution in [0.15, 0.2) is 54.6 Å². The van der Waals surface area contributed by atoms with E-state index in [0.717, 1.165) is 17.7 Å². The Morgan fingerprint density at radius 3 is 2.32 bits per heavy atom. The molecule has 1 unspecified atom stereocenters. The Balaban J connectivity index is 2.11. The van der Waals surface area contributed by atoms with Crippen LogP contribution in [0.3, 0.4) is 0 Å². The lowest BCUT2D eigenvalue weighted by Gasteiger charge is -2.28. The predicted molar refractivity (Wildman–Crippen MR) is 98.3 cm³/mol. The summed E-state index contributed by atoms with van der Waals surface area (Å²) in [6, 6.07) is 15.6. The lowest BCUT2D eigenvalue weighted by Crippen LogP contribution is -2.45. The van der Waals surface area contributed by atoms with Crippen molar-refractivity contribution >= 4 is 5.91 Å². The van der Waals surface area contributed by atoms with Crippen molar-refractivity contribution < 1.29 is 15.0 Å². The molecule has 0 aliphatic heterocycles. The number of hydrogen-bond donors (Lipinski definition) is 3. The van der Waals surface area contributed by atoms with Gasteiger partial charge in [-0.05, 0) is 43.3 Å². The quantitative estimate of drug-likeness (QED) is 0.687. The third-order valence-corrected chi connectivity index (χ3v) is 4.29. The number of carbonyl (C=O) groups excluding carboxylic acids is 1. The van der Waals surface area contributed by atoms with Crippen molar-refractivity contribution in [2.45, 2.75) is 25.4 Å². The standard InChI is InChI=1S/C20H26N2O3/c1-3-22(2)19(16-7-5-4-6-8-16)20(25)21-17(14-23)13-15-9-11-18(24)12-10-15/h4-12,17,19,23-24H,3,13-14H2,1-2H3,(H,21,25)/t17-,19?/m0/s1. The van der Waals surface area contributed by atoms with Gasteiger partial charge in [-0.3, -0.25) is 9.69 Å². The molecule has 0 spiro atoms. The van der Waals surface area contributed by atoms with Crippen LogP contribution in [0, 0.1) is 0 Å². The molecule has 0 radical (unpaired) electrons. The minimum atomic E-state index is -0.403. The number of likely N-dealkylation sites (N-methyl/N-ethyl adjacent to an activating group) is 1. The van der Waals surface area contributed by atoms with Gasteiger partial charge in [-0.25, -0.2) is 0 Å². The fourth-order valence-electron chi connectivity index (χ4n) is 2.78. The lowest BCUT2D eigenvalue weighted by molar-refractivity contribution is -0.127. The van der Waals surface area contributed by atoms with Crippen molar-refractivity contribution in [1.29, 1.82) is 0 Å². The molecule has 2 rings (SSSR count).